The fourth-order valence-corrected chi connectivity index (χ4v) is 1.58. The summed E-state index contributed by atoms with van der Waals surface area (Å²) in [6, 6.07) is 5.05. The zero-order valence-electron chi connectivity index (χ0n) is 12.5. The Morgan fingerprint density at radius 3 is 2.76 bits per heavy atom. The SMILES string of the molecule is CC(C)(C)OCC(=O)Nc1ccc(Cl)cc1C#CCCO. The molecule has 2 N–H and O–H groups in total. The summed E-state index contributed by atoms with van der Waals surface area (Å²) in [5, 5.41) is 12.0. The first-order valence-corrected chi connectivity index (χ1v) is 7.03. The Balaban J connectivity index is 2.78. The lowest BCUT2D eigenvalue weighted by atomic mass is 10.1. The third-order valence-corrected chi connectivity index (χ3v) is 2.59. The molecule has 1 aromatic rings. The summed E-state index contributed by atoms with van der Waals surface area (Å²) in [6.07, 6.45) is 0.368. The van der Waals surface area contributed by atoms with E-state index in [2.05, 4.69) is 17.2 Å². The molecule has 0 aliphatic carbocycles. The number of amides is 1. The van der Waals surface area contributed by atoms with E-state index in [1.165, 1.54) is 0 Å². The van der Waals surface area contributed by atoms with Crippen molar-refractivity contribution in [2.75, 3.05) is 18.5 Å². The molecule has 1 amide bonds. The second-order valence-electron chi connectivity index (χ2n) is 5.41. The number of aliphatic hydroxyl groups excluding tert-OH is 1. The minimum Gasteiger partial charge on any atom is -0.395 e. The zero-order valence-corrected chi connectivity index (χ0v) is 13.3. The molecule has 0 bridgehead atoms. The van der Waals surface area contributed by atoms with E-state index in [9.17, 15) is 4.79 Å². The van der Waals surface area contributed by atoms with Crippen LogP contribution in [0, 0.1) is 11.8 Å². The first-order chi connectivity index (χ1) is 9.81. The summed E-state index contributed by atoms with van der Waals surface area (Å²) in [7, 11) is 0. The Bertz CT molecular complexity index is 553. The lowest BCUT2D eigenvalue weighted by Gasteiger charge is -2.19. The molecule has 1 aromatic carbocycles. The highest BCUT2D eigenvalue weighted by atomic mass is 35.5. The van der Waals surface area contributed by atoms with E-state index in [1.807, 2.05) is 20.8 Å². The number of ether oxygens (including phenoxy) is 1. The van der Waals surface area contributed by atoms with E-state index in [-0.39, 0.29) is 24.7 Å². The van der Waals surface area contributed by atoms with E-state index in [1.54, 1.807) is 18.2 Å². The summed E-state index contributed by atoms with van der Waals surface area (Å²) < 4.78 is 5.42. The van der Waals surface area contributed by atoms with Crippen LogP contribution in [0.15, 0.2) is 18.2 Å². The maximum atomic E-state index is 11.9. The van der Waals surface area contributed by atoms with Gasteiger partial charge < -0.3 is 15.2 Å². The summed E-state index contributed by atoms with van der Waals surface area (Å²) in [4.78, 5) is 11.9. The van der Waals surface area contributed by atoms with Gasteiger partial charge in [0.2, 0.25) is 5.91 Å². The van der Waals surface area contributed by atoms with Gasteiger partial charge >= 0.3 is 0 Å². The van der Waals surface area contributed by atoms with E-state index in [4.69, 9.17) is 21.4 Å². The van der Waals surface area contributed by atoms with Gasteiger partial charge in [-0.3, -0.25) is 4.79 Å². The first kappa shape index (κ1) is 17.5. The molecular weight excluding hydrogens is 290 g/mol. The van der Waals surface area contributed by atoms with Crippen LogP contribution >= 0.6 is 11.6 Å². The van der Waals surface area contributed by atoms with Crippen molar-refractivity contribution in [1.82, 2.24) is 0 Å². The van der Waals surface area contributed by atoms with Gasteiger partial charge in [0.1, 0.15) is 6.61 Å². The molecule has 0 aliphatic heterocycles. The second kappa shape index (κ2) is 8.04. The van der Waals surface area contributed by atoms with Crippen LogP contribution in [0.5, 0.6) is 0 Å². The number of aliphatic hydroxyl groups is 1. The van der Waals surface area contributed by atoms with Crippen LogP contribution in [-0.2, 0) is 9.53 Å². The number of hydrogen-bond acceptors (Lipinski definition) is 3. The zero-order chi connectivity index (χ0) is 15.9. The molecule has 0 atom stereocenters. The molecule has 21 heavy (non-hydrogen) atoms. The van der Waals surface area contributed by atoms with Crippen LogP contribution < -0.4 is 5.32 Å². The largest absolute Gasteiger partial charge is 0.395 e. The van der Waals surface area contributed by atoms with Gasteiger partial charge in [-0.25, -0.2) is 0 Å². The molecule has 0 aromatic heterocycles. The fourth-order valence-electron chi connectivity index (χ4n) is 1.41. The van der Waals surface area contributed by atoms with E-state index >= 15 is 0 Å². The van der Waals surface area contributed by atoms with Crippen LogP contribution in [-0.4, -0.2) is 29.8 Å². The van der Waals surface area contributed by atoms with Crippen LogP contribution in [0.25, 0.3) is 0 Å². The third kappa shape index (κ3) is 7.14. The summed E-state index contributed by atoms with van der Waals surface area (Å²) in [5.74, 6) is 5.44. The molecule has 0 fully saturated rings. The van der Waals surface area contributed by atoms with Gasteiger partial charge in [-0.15, -0.1) is 0 Å². The van der Waals surface area contributed by atoms with Gasteiger partial charge in [0.25, 0.3) is 0 Å². The molecular formula is C16H20ClNO3. The molecule has 0 unspecified atom stereocenters. The van der Waals surface area contributed by atoms with Gasteiger partial charge in [0.05, 0.1) is 17.9 Å². The van der Waals surface area contributed by atoms with Crippen molar-refractivity contribution in [3.63, 3.8) is 0 Å². The Morgan fingerprint density at radius 1 is 1.43 bits per heavy atom. The van der Waals surface area contributed by atoms with Crippen LogP contribution in [0.1, 0.15) is 32.8 Å². The number of rotatable bonds is 4. The summed E-state index contributed by atoms with van der Waals surface area (Å²) in [5.41, 5.74) is 0.814. The molecule has 0 saturated heterocycles. The smallest absolute Gasteiger partial charge is 0.250 e. The molecule has 114 valence electrons. The normalized spacial score (nSPS) is 10.7. The Morgan fingerprint density at radius 2 is 2.14 bits per heavy atom. The average molecular weight is 310 g/mol. The number of carbonyl (C=O) groups excluding carboxylic acids is 1. The third-order valence-electron chi connectivity index (χ3n) is 2.35. The standard InChI is InChI=1S/C16H20ClNO3/c1-16(2,3)21-11-15(20)18-14-8-7-13(17)10-12(14)6-4-5-9-19/h7-8,10,19H,5,9,11H2,1-3H3,(H,18,20). The number of hydrogen-bond donors (Lipinski definition) is 2. The minimum atomic E-state index is -0.374. The topological polar surface area (TPSA) is 58.6 Å². The number of carbonyl (C=O) groups is 1. The van der Waals surface area contributed by atoms with Crippen LogP contribution in [0.4, 0.5) is 5.69 Å². The Kier molecular flexibility index (Phi) is 6.70. The van der Waals surface area contributed by atoms with E-state index < -0.39 is 0 Å². The van der Waals surface area contributed by atoms with Gasteiger partial charge in [-0.05, 0) is 39.0 Å². The van der Waals surface area contributed by atoms with Gasteiger partial charge in [0, 0.05) is 17.0 Å². The molecule has 0 spiro atoms. The maximum Gasteiger partial charge on any atom is 0.250 e. The number of halogens is 1. The Hall–Kier alpha value is -1.54. The second-order valence-corrected chi connectivity index (χ2v) is 5.85. The van der Waals surface area contributed by atoms with Gasteiger partial charge in [-0.2, -0.15) is 0 Å². The average Bonchev–Trinajstić information content (AvgIpc) is 2.39. The lowest BCUT2D eigenvalue weighted by Crippen LogP contribution is -2.27. The van der Waals surface area contributed by atoms with Crippen molar-refractivity contribution in [1.29, 1.82) is 0 Å². The lowest BCUT2D eigenvalue weighted by molar-refractivity contribution is -0.125. The highest BCUT2D eigenvalue weighted by molar-refractivity contribution is 6.30. The predicted molar refractivity (Wildman–Crippen MR) is 84.4 cm³/mol. The highest BCUT2D eigenvalue weighted by Gasteiger charge is 2.13. The molecule has 4 nitrogen and oxygen atoms in total. The first-order valence-electron chi connectivity index (χ1n) is 6.65. The summed E-state index contributed by atoms with van der Waals surface area (Å²) in [6.45, 7) is 5.61. The quantitative estimate of drug-likeness (QED) is 0.841. The fraction of sp³-hybridized carbons (Fsp3) is 0.438. The number of nitrogens with one attached hydrogen (secondary N) is 1. The number of benzene rings is 1. The van der Waals surface area contributed by atoms with Crippen LogP contribution in [0.2, 0.25) is 5.02 Å². The van der Waals surface area contributed by atoms with Crippen molar-refractivity contribution < 1.29 is 14.6 Å². The van der Waals surface area contributed by atoms with Crippen molar-refractivity contribution in [2.24, 2.45) is 0 Å². The highest BCUT2D eigenvalue weighted by Crippen LogP contribution is 2.20. The monoisotopic (exact) mass is 309 g/mol. The van der Waals surface area contributed by atoms with Gasteiger partial charge in [-0.1, -0.05) is 23.4 Å². The molecule has 0 radical (unpaired) electrons. The molecule has 1 rings (SSSR count). The molecule has 5 heteroatoms. The predicted octanol–water partition coefficient (Wildman–Crippen LogP) is 2.83. The molecule has 0 heterocycles. The number of anilines is 1. The van der Waals surface area contributed by atoms with E-state index in [0.717, 1.165) is 0 Å². The van der Waals surface area contributed by atoms with Crippen molar-refractivity contribution in [3.8, 4) is 11.8 Å². The summed E-state index contributed by atoms with van der Waals surface area (Å²) >= 11 is 5.93. The minimum absolute atomic E-state index is 0.00528. The van der Waals surface area contributed by atoms with Crippen LogP contribution in [0.3, 0.4) is 0 Å². The maximum absolute atomic E-state index is 11.9. The Labute approximate surface area is 130 Å². The van der Waals surface area contributed by atoms with Crippen molar-refractivity contribution in [2.45, 2.75) is 32.8 Å². The molecule has 0 saturated carbocycles. The van der Waals surface area contributed by atoms with Crippen molar-refractivity contribution in [3.05, 3.63) is 28.8 Å². The van der Waals surface area contributed by atoms with Gasteiger partial charge in [0.15, 0.2) is 0 Å². The van der Waals surface area contributed by atoms with E-state index in [0.29, 0.717) is 22.7 Å². The van der Waals surface area contributed by atoms with Crippen molar-refractivity contribution >= 4 is 23.2 Å². The molecule has 0 aliphatic rings.